The second-order valence-corrected chi connectivity index (χ2v) is 5.86. The minimum absolute atomic E-state index is 0.557. The van der Waals surface area contributed by atoms with Crippen LogP contribution < -0.4 is 10.2 Å². The molecule has 4 nitrogen and oxygen atoms in total. The predicted octanol–water partition coefficient (Wildman–Crippen LogP) is 1.77. The van der Waals surface area contributed by atoms with Gasteiger partial charge in [0.15, 0.2) is 0 Å². The Hall–Kier alpha value is -1.10. The van der Waals surface area contributed by atoms with Gasteiger partial charge in [-0.15, -0.1) is 0 Å². The largest absolute Gasteiger partial charge is 0.388 e. The van der Waals surface area contributed by atoms with E-state index in [1.807, 2.05) is 6.92 Å². The van der Waals surface area contributed by atoms with Crippen LogP contribution in [0.15, 0.2) is 24.3 Å². The fourth-order valence-corrected chi connectivity index (χ4v) is 2.67. The van der Waals surface area contributed by atoms with Gasteiger partial charge in [0, 0.05) is 39.0 Å². The molecule has 1 aromatic rings. The van der Waals surface area contributed by atoms with Crippen molar-refractivity contribution in [1.82, 2.24) is 5.32 Å². The molecule has 1 aromatic carbocycles. The Morgan fingerprint density at radius 2 is 2.10 bits per heavy atom. The van der Waals surface area contributed by atoms with E-state index in [9.17, 15) is 5.11 Å². The Bertz CT molecular complexity index is 403. The van der Waals surface area contributed by atoms with Crippen molar-refractivity contribution in [2.75, 3.05) is 38.3 Å². The summed E-state index contributed by atoms with van der Waals surface area (Å²) in [6, 6.07) is 8.60. The first-order chi connectivity index (χ1) is 9.61. The van der Waals surface area contributed by atoms with Crippen LogP contribution >= 0.6 is 0 Å². The summed E-state index contributed by atoms with van der Waals surface area (Å²) in [5.41, 5.74) is 1.91. The number of aliphatic hydroxyl groups is 1. The van der Waals surface area contributed by atoms with E-state index in [2.05, 4.69) is 34.5 Å². The van der Waals surface area contributed by atoms with Gasteiger partial charge in [0.25, 0.3) is 0 Å². The lowest BCUT2D eigenvalue weighted by Crippen LogP contribution is -2.46. The zero-order chi connectivity index (χ0) is 14.4. The first-order valence-corrected chi connectivity index (χ1v) is 7.37. The number of anilines is 1. The van der Waals surface area contributed by atoms with Crippen LogP contribution in [-0.4, -0.2) is 44.1 Å². The smallest absolute Gasteiger partial charge is 0.0794 e. The molecule has 20 heavy (non-hydrogen) atoms. The molecule has 1 heterocycles. The van der Waals surface area contributed by atoms with E-state index >= 15 is 0 Å². The number of nitrogens with zero attached hydrogens (tertiary/aromatic N) is 1. The number of nitrogens with one attached hydrogen (secondary N) is 1. The van der Waals surface area contributed by atoms with E-state index in [1.54, 1.807) is 7.11 Å². The van der Waals surface area contributed by atoms with Crippen LogP contribution in [0.3, 0.4) is 0 Å². The molecule has 1 saturated heterocycles. The van der Waals surface area contributed by atoms with Gasteiger partial charge in [-0.05, 0) is 37.5 Å². The van der Waals surface area contributed by atoms with E-state index in [0.29, 0.717) is 0 Å². The first kappa shape index (κ1) is 15.3. The van der Waals surface area contributed by atoms with Crippen molar-refractivity contribution < 1.29 is 9.84 Å². The SMILES string of the molecule is COCCNCc1ccc(N2CCCC(C)(O)C2)cc1. The Kier molecular flexibility index (Phi) is 5.40. The molecule has 0 saturated carbocycles. The molecule has 0 aliphatic carbocycles. The third-order valence-electron chi connectivity index (χ3n) is 3.79. The van der Waals surface area contributed by atoms with Crippen molar-refractivity contribution in [2.24, 2.45) is 0 Å². The molecule has 0 bridgehead atoms. The number of hydrogen-bond donors (Lipinski definition) is 2. The molecule has 0 amide bonds. The van der Waals surface area contributed by atoms with Crippen molar-refractivity contribution in [3.8, 4) is 0 Å². The van der Waals surface area contributed by atoms with Crippen molar-refractivity contribution in [3.63, 3.8) is 0 Å². The lowest BCUT2D eigenvalue weighted by Gasteiger charge is -2.38. The van der Waals surface area contributed by atoms with Crippen molar-refractivity contribution >= 4 is 5.69 Å². The Morgan fingerprint density at radius 3 is 2.75 bits per heavy atom. The number of piperidine rings is 1. The molecule has 1 fully saturated rings. The number of methoxy groups -OCH3 is 1. The Morgan fingerprint density at radius 1 is 1.35 bits per heavy atom. The van der Waals surface area contributed by atoms with E-state index in [1.165, 1.54) is 11.3 Å². The van der Waals surface area contributed by atoms with Crippen molar-refractivity contribution in [2.45, 2.75) is 31.9 Å². The molecule has 1 aliphatic rings. The highest BCUT2D eigenvalue weighted by atomic mass is 16.5. The Labute approximate surface area is 121 Å². The fraction of sp³-hybridized carbons (Fsp3) is 0.625. The van der Waals surface area contributed by atoms with E-state index < -0.39 is 5.60 Å². The van der Waals surface area contributed by atoms with E-state index in [0.717, 1.165) is 45.6 Å². The van der Waals surface area contributed by atoms with Crippen LogP contribution in [0.1, 0.15) is 25.3 Å². The molecule has 1 atom stereocenters. The molecular weight excluding hydrogens is 252 g/mol. The van der Waals surface area contributed by atoms with Gasteiger partial charge in [-0.3, -0.25) is 0 Å². The lowest BCUT2D eigenvalue weighted by atomic mass is 9.95. The Balaban J connectivity index is 1.87. The molecule has 1 aliphatic heterocycles. The maximum atomic E-state index is 10.2. The maximum absolute atomic E-state index is 10.2. The number of benzene rings is 1. The highest BCUT2D eigenvalue weighted by molar-refractivity contribution is 5.48. The fourth-order valence-electron chi connectivity index (χ4n) is 2.67. The van der Waals surface area contributed by atoms with Crippen LogP contribution in [0.2, 0.25) is 0 Å². The second-order valence-electron chi connectivity index (χ2n) is 5.86. The van der Waals surface area contributed by atoms with Crippen LogP contribution in [0.25, 0.3) is 0 Å². The van der Waals surface area contributed by atoms with E-state index in [-0.39, 0.29) is 0 Å². The third kappa shape index (κ3) is 4.47. The number of ether oxygens (including phenoxy) is 1. The quantitative estimate of drug-likeness (QED) is 0.779. The molecule has 2 N–H and O–H groups in total. The van der Waals surface area contributed by atoms with Gasteiger partial charge in [-0.25, -0.2) is 0 Å². The summed E-state index contributed by atoms with van der Waals surface area (Å²) in [4.78, 5) is 2.27. The molecule has 1 unspecified atom stereocenters. The van der Waals surface area contributed by atoms with Crippen molar-refractivity contribution in [3.05, 3.63) is 29.8 Å². The third-order valence-corrected chi connectivity index (χ3v) is 3.79. The summed E-state index contributed by atoms with van der Waals surface area (Å²) in [6.45, 7) is 6.14. The minimum Gasteiger partial charge on any atom is -0.388 e. The van der Waals surface area contributed by atoms with Gasteiger partial charge in [0.05, 0.1) is 12.2 Å². The summed E-state index contributed by atoms with van der Waals surface area (Å²) >= 11 is 0. The standard InChI is InChI=1S/C16H26N2O2/c1-16(19)8-3-10-18(13-16)15-6-4-14(5-7-15)12-17-9-11-20-2/h4-7,17,19H,3,8-13H2,1-2H3. The van der Waals surface area contributed by atoms with Gasteiger partial charge in [0.1, 0.15) is 0 Å². The second kappa shape index (κ2) is 7.07. The molecule has 112 valence electrons. The maximum Gasteiger partial charge on any atom is 0.0794 e. The van der Waals surface area contributed by atoms with Crippen LogP contribution in [0.5, 0.6) is 0 Å². The number of β-amino-alcohol motifs (C(OH)–C–C–N with tert-alkyl or cyclic N) is 1. The molecular formula is C16H26N2O2. The average molecular weight is 278 g/mol. The summed E-state index contributed by atoms with van der Waals surface area (Å²) < 4.78 is 5.00. The van der Waals surface area contributed by atoms with Gasteiger partial charge in [-0.2, -0.15) is 0 Å². The van der Waals surface area contributed by atoms with Gasteiger partial charge in [0.2, 0.25) is 0 Å². The highest BCUT2D eigenvalue weighted by Crippen LogP contribution is 2.25. The zero-order valence-electron chi connectivity index (χ0n) is 12.6. The van der Waals surface area contributed by atoms with Gasteiger partial charge in [-0.1, -0.05) is 12.1 Å². The van der Waals surface area contributed by atoms with Gasteiger partial charge < -0.3 is 20.1 Å². The minimum atomic E-state index is -0.557. The molecule has 0 aromatic heterocycles. The molecule has 4 heteroatoms. The molecule has 0 radical (unpaired) electrons. The van der Waals surface area contributed by atoms with Crippen molar-refractivity contribution in [1.29, 1.82) is 0 Å². The van der Waals surface area contributed by atoms with Crippen LogP contribution in [0, 0.1) is 0 Å². The van der Waals surface area contributed by atoms with Gasteiger partial charge >= 0.3 is 0 Å². The topological polar surface area (TPSA) is 44.7 Å². The number of rotatable bonds is 6. The average Bonchev–Trinajstić information content (AvgIpc) is 2.43. The normalized spacial score (nSPS) is 23.1. The van der Waals surface area contributed by atoms with E-state index in [4.69, 9.17) is 4.74 Å². The summed E-state index contributed by atoms with van der Waals surface area (Å²) in [6.07, 6.45) is 1.94. The zero-order valence-corrected chi connectivity index (χ0v) is 12.6. The predicted molar refractivity (Wildman–Crippen MR) is 82.1 cm³/mol. The monoisotopic (exact) mass is 278 g/mol. The molecule has 2 rings (SSSR count). The lowest BCUT2D eigenvalue weighted by molar-refractivity contribution is 0.0449. The molecule has 0 spiro atoms. The summed E-state index contributed by atoms with van der Waals surface area (Å²) in [5, 5.41) is 13.5. The summed E-state index contributed by atoms with van der Waals surface area (Å²) in [7, 11) is 1.71. The van der Waals surface area contributed by atoms with Crippen LogP contribution in [-0.2, 0) is 11.3 Å². The number of hydrogen-bond acceptors (Lipinski definition) is 4. The van der Waals surface area contributed by atoms with Crippen LogP contribution in [0.4, 0.5) is 5.69 Å². The summed E-state index contributed by atoms with van der Waals surface area (Å²) in [5.74, 6) is 0. The highest BCUT2D eigenvalue weighted by Gasteiger charge is 2.28. The first-order valence-electron chi connectivity index (χ1n) is 7.37.